The number of carbonyl (C=O) groups is 2. The normalized spacial score (nSPS) is 31.1. The first-order valence-corrected chi connectivity index (χ1v) is 11.8. The Morgan fingerprint density at radius 2 is 0.929 bits per heavy atom. The molecule has 0 heterocycles. The van der Waals surface area contributed by atoms with Crippen molar-refractivity contribution in [2.45, 2.75) is 117 Å². The van der Waals surface area contributed by atoms with Crippen LogP contribution in [0.5, 0.6) is 0 Å². The van der Waals surface area contributed by atoms with Gasteiger partial charge < -0.3 is 10.6 Å². The first-order chi connectivity index (χ1) is 13.2. The lowest BCUT2D eigenvalue weighted by molar-refractivity contribution is -0.130. The Morgan fingerprint density at radius 1 is 0.607 bits per heavy atom. The summed E-state index contributed by atoms with van der Waals surface area (Å²) in [5.41, 5.74) is 0.763. The molecule has 0 spiro atoms. The summed E-state index contributed by atoms with van der Waals surface area (Å²) in [6, 6.07) is 0.223. The fourth-order valence-electron chi connectivity index (χ4n) is 5.40. The van der Waals surface area contributed by atoms with Gasteiger partial charge in [0.25, 0.3) is 0 Å². The molecule has 3 aliphatic rings. The van der Waals surface area contributed by atoms with Gasteiger partial charge in [0, 0.05) is 23.9 Å². The van der Waals surface area contributed by atoms with Crippen molar-refractivity contribution in [2.75, 3.05) is 0 Å². The fourth-order valence-corrected chi connectivity index (χ4v) is 5.40. The quantitative estimate of drug-likeness (QED) is 0.712. The van der Waals surface area contributed by atoms with Crippen LogP contribution in [0.4, 0.5) is 0 Å². The zero-order valence-electron chi connectivity index (χ0n) is 18.6. The fraction of sp³-hybridized carbons (Fsp3) is 0.917. The van der Waals surface area contributed by atoms with Gasteiger partial charge >= 0.3 is 0 Å². The van der Waals surface area contributed by atoms with Gasteiger partial charge in [0.05, 0.1) is 0 Å². The summed E-state index contributed by atoms with van der Waals surface area (Å²) >= 11 is 0. The molecule has 0 aromatic rings. The Bertz CT molecular complexity index is 499. The van der Waals surface area contributed by atoms with Crippen LogP contribution in [-0.4, -0.2) is 23.9 Å². The molecule has 0 bridgehead atoms. The molecule has 4 nitrogen and oxygen atoms in total. The summed E-state index contributed by atoms with van der Waals surface area (Å²) in [6.45, 7) is 9.22. The lowest BCUT2D eigenvalue weighted by atomic mass is 9.72. The van der Waals surface area contributed by atoms with E-state index in [9.17, 15) is 9.59 Å². The van der Waals surface area contributed by atoms with Gasteiger partial charge in [-0.25, -0.2) is 0 Å². The highest BCUT2D eigenvalue weighted by molar-refractivity contribution is 5.80. The average Bonchev–Trinajstić information content (AvgIpc) is 2.63. The molecule has 2 unspecified atom stereocenters. The molecule has 3 aliphatic carbocycles. The molecule has 0 saturated heterocycles. The Hall–Kier alpha value is -1.06. The molecular formula is C24H42N2O2. The molecule has 160 valence electrons. The second kappa shape index (κ2) is 8.75. The molecule has 0 radical (unpaired) electrons. The summed E-state index contributed by atoms with van der Waals surface area (Å²) in [5.74, 6) is 0.765. The Labute approximate surface area is 172 Å². The molecule has 28 heavy (non-hydrogen) atoms. The highest BCUT2D eigenvalue weighted by atomic mass is 16.2. The summed E-state index contributed by atoms with van der Waals surface area (Å²) in [7, 11) is 0. The third-order valence-corrected chi connectivity index (χ3v) is 7.84. The first-order valence-electron chi connectivity index (χ1n) is 11.8. The van der Waals surface area contributed by atoms with Crippen molar-refractivity contribution in [3.8, 4) is 0 Å². The number of rotatable bonds is 4. The monoisotopic (exact) mass is 390 g/mol. The number of hydrogen-bond acceptors (Lipinski definition) is 2. The first kappa shape index (κ1) is 21.6. The molecule has 2 amide bonds. The molecular weight excluding hydrogens is 348 g/mol. The van der Waals surface area contributed by atoms with E-state index in [1.54, 1.807) is 0 Å². The predicted molar refractivity (Wildman–Crippen MR) is 114 cm³/mol. The molecule has 0 aliphatic heterocycles. The maximum atomic E-state index is 12.9. The van der Waals surface area contributed by atoms with Crippen LogP contribution in [0.25, 0.3) is 0 Å². The summed E-state index contributed by atoms with van der Waals surface area (Å²) < 4.78 is 0. The molecule has 2 N–H and O–H groups in total. The third-order valence-electron chi connectivity index (χ3n) is 7.84. The minimum atomic E-state index is 0.111. The smallest absolute Gasteiger partial charge is 0.223 e. The van der Waals surface area contributed by atoms with E-state index in [2.05, 4.69) is 38.3 Å². The van der Waals surface area contributed by atoms with E-state index < -0.39 is 0 Å². The van der Waals surface area contributed by atoms with Crippen LogP contribution in [0, 0.1) is 22.7 Å². The molecule has 3 saturated carbocycles. The number of nitrogens with one attached hydrogen (secondary N) is 2. The molecule has 2 atom stereocenters. The highest BCUT2D eigenvalue weighted by Gasteiger charge is 2.36. The summed E-state index contributed by atoms with van der Waals surface area (Å²) in [4.78, 5) is 25.7. The van der Waals surface area contributed by atoms with Crippen molar-refractivity contribution in [2.24, 2.45) is 22.7 Å². The van der Waals surface area contributed by atoms with Gasteiger partial charge in [-0.1, -0.05) is 40.5 Å². The molecule has 3 fully saturated rings. The van der Waals surface area contributed by atoms with Crippen molar-refractivity contribution in [3.63, 3.8) is 0 Å². The van der Waals surface area contributed by atoms with Crippen LogP contribution in [0.1, 0.15) is 105 Å². The minimum Gasteiger partial charge on any atom is -0.351 e. The van der Waals surface area contributed by atoms with Gasteiger partial charge in [-0.15, -0.1) is 0 Å². The van der Waals surface area contributed by atoms with Crippen molar-refractivity contribution in [3.05, 3.63) is 0 Å². The second-order valence-corrected chi connectivity index (χ2v) is 11.4. The van der Waals surface area contributed by atoms with Crippen LogP contribution in [0.2, 0.25) is 0 Å². The Kier molecular flexibility index (Phi) is 6.76. The molecule has 0 aromatic carbocycles. The lowest BCUT2D eigenvalue weighted by Gasteiger charge is -2.38. The Balaban J connectivity index is 1.51. The lowest BCUT2D eigenvalue weighted by Crippen LogP contribution is -2.55. The topological polar surface area (TPSA) is 58.2 Å². The SMILES string of the molecule is CC1(C)CCC(C(=O)NC2CCCCC2NC(=O)C2CCC(C)(C)CC2)CC1. The van der Waals surface area contributed by atoms with Crippen LogP contribution < -0.4 is 10.6 Å². The van der Waals surface area contributed by atoms with E-state index in [0.717, 1.165) is 77.0 Å². The van der Waals surface area contributed by atoms with Gasteiger partial charge in [-0.2, -0.15) is 0 Å². The number of hydrogen-bond donors (Lipinski definition) is 2. The van der Waals surface area contributed by atoms with Crippen molar-refractivity contribution < 1.29 is 9.59 Å². The van der Waals surface area contributed by atoms with Crippen molar-refractivity contribution in [1.29, 1.82) is 0 Å². The van der Waals surface area contributed by atoms with Gasteiger partial charge in [0.2, 0.25) is 11.8 Å². The van der Waals surface area contributed by atoms with E-state index >= 15 is 0 Å². The van der Waals surface area contributed by atoms with Crippen molar-refractivity contribution >= 4 is 11.8 Å². The van der Waals surface area contributed by atoms with Crippen LogP contribution in [0.3, 0.4) is 0 Å². The van der Waals surface area contributed by atoms with Crippen LogP contribution >= 0.6 is 0 Å². The standard InChI is InChI=1S/C24H42N2O2/c1-23(2)13-9-17(10-14-23)21(27)25-19-7-5-6-8-20(19)26-22(28)18-11-15-24(3,4)16-12-18/h17-20H,5-16H2,1-4H3,(H,25,27)(H,26,28). The van der Waals surface area contributed by atoms with E-state index in [1.807, 2.05) is 0 Å². The molecule has 4 heteroatoms. The molecule has 3 rings (SSSR count). The van der Waals surface area contributed by atoms with Gasteiger partial charge in [-0.3, -0.25) is 9.59 Å². The third kappa shape index (κ3) is 5.73. The minimum absolute atomic E-state index is 0.111. The molecule has 0 aromatic heterocycles. The zero-order chi connectivity index (χ0) is 20.4. The maximum absolute atomic E-state index is 12.9. The largest absolute Gasteiger partial charge is 0.351 e. The van der Waals surface area contributed by atoms with Crippen LogP contribution in [-0.2, 0) is 9.59 Å². The summed E-state index contributed by atoms with van der Waals surface area (Å²) in [5, 5.41) is 6.67. The second-order valence-electron chi connectivity index (χ2n) is 11.4. The van der Waals surface area contributed by atoms with Crippen LogP contribution in [0.15, 0.2) is 0 Å². The zero-order valence-corrected chi connectivity index (χ0v) is 18.6. The number of carbonyl (C=O) groups excluding carboxylic acids is 2. The predicted octanol–water partition coefficient (Wildman–Crippen LogP) is 4.96. The van der Waals surface area contributed by atoms with Gasteiger partial charge in [0.1, 0.15) is 0 Å². The summed E-state index contributed by atoms with van der Waals surface area (Å²) in [6.07, 6.45) is 12.8. The van der Waals surface area contributed by atoms with E-state index in [0.29, 0.717) is 10.8 Å². The maximum Gasteiger partial charge on any atom is 0.223 e. The van der Waals surface area contributed by atoms with Gasteiger partial charge in [-0.05, 0) is 75.0 Å². The number of amides is 2. The van der Waals surface area contributed by atoms with E-state index in [4.69, 9.17) is 0 Å². The average molecular weight is 391 g/mol. The highest BCUT2D eigenvalue weighted by Crippen LogP contribution is 2.39. The van der Waals surface area contributed by atoms with Crippen molar-refractivity contribution in [1.82, 2.24) is 10.6 Å². The van der Waals surface area contributed by atoms with E-state index in [-0.39, 0.29) is 35.7 Å². The van der Waals surface area contributed by atoms with Gasteiger partial charge in [0.15, 0.2) is 0 Å². The Morgan fingerprint density at radius 3 is 1.25 bits per heavy atom. The van der Waals surface area contributed by atoms with E-state index in [1.165, 1.54) is 0 Å².